The van der Waals surface area contributed by atoms with E-state index in [4.69, 9.17) is 20.2 Å². The molecule has 1 heterocycles. The van der Waals surface area contributed by atoms with Gasteiger partial charge in [0.05, 0.1) is 19.4 Å². The van der Waals surface area contributed by atoms with Crippen LogP contribution in [0.2, 0.25) is 0 Å². The van der Waals surface area contributed by atoms with Gasteiger partial charge >= 0.3 is 0 Å². The molecule has 0 bridgehead atoms. The molecule has 0 aliphatic heterocycles. The second kappa shape index (κ2) is 4.99. The van der Waals surface area contributed by atoms with Crippen LogP contribution < -0.4 is 4.74 Å². The maximum Gasteiger partial charge on any atom is 0.265 e. The van der Waals surface area contributed by atoms with Crippen LogP contribution in [0.5, 0.6) is 5.75 Å². The van der Waals surface area contributed by atoms with Gasteiger partial charge in [-0.1, -0.05) is 0 Å². The van der Waals surface area contributed by atoms with E-state index in [9.17, 15) is 8.42 Å². The predicted molar refractivity (Wildman–Crippen MR) is 59.3 cm³/mol. The summed E-state index contributed by atoms with van der Waals surface area (Å²) in [7, 11) is 4.29. The number of aryl methyl sites for hydroxylation is 1. The van der Waals surface area contributed by atoms with Crippen LogP contribution in [-0.4, -0.2) is 27.6 Å². The zero-order valence-corrected chi connectivity index (χ0v) is 10.7. The third-order valence-electron chi connectivity index (χ3n) is 1.99. The minimum absolute atomic E-state index is 0.0778. The summed E-state index contributed by atoms with van der Waals surface area (Å²) in [5, 5.41) is 0. The molecule has 0 amide bonds. The second-order valence-electron chi connectivity index (χ2n) is 3.10. The van der Waals surface area contributed by atoms with E-state index in [1.807, 2.05) is 0 Å². The summed E-state index contributed by atoms with van der Waals surface area (Å²) in [5.41, 5.74) is 0.835. The van der Waals surface area contributed by atoms with Crippen molar-refractivity contribution in [1.82, 2.24) is 4.98 Å². The quantitative estimate of drug-likeness (QED) is 0.772. The van der Waals surface area contributed by atoms with Crippen LogP contribution in [0.15, 0.2) is 11.1 Å². The fourth-order valence-corrected chi connectivity index (χ4v) is 2.75. The van der Waals surface area contributed by atoms with Gasteiger partial charge in [-0.2, -0.15) is 0 Å². The molecule has 7 heteroatoms. The van der Waals surface area contributed by atoms with Gasteiger partial charge in [-0.05, 0) is 6.92 Å². The van der Waals surface area contributed by atoms with Gasteiger partial charge in [0.1, 0.15) is 4.90 Å². The maximum atomic E-state index is 11.5. The normalized spacial score (nSPS) is 11.5. The fourth-order valence-electron chi connectivity index (χ4n) is 1.37. The Kier molecular flexibility index (Phi) is 4.12. The van der Waals surface area contributed by atoms with Crippen molar-refractivity contribution in [2.75, 3.05) is 14.2 Å². The first-order valence-electron chi connectivity index (χ1n) is 4.38. The number of ether oxygens (including phenoxy) is 2. The molecule has 0 atom stereocenters. The minimum atomic E-state index is -3.89. The van der Waals surface area contributed by atoms with Crippen LogP contribution in [0, 0.1) is 6.92 Å². The molecule has 5 nitrogen and oxygen atoms in total. The van der Waals surface area contributed by atoms with Crippen LogP contribution in [0.4, 0.5) is 0 Å². The van der Waals surface area contributed by atoms with Crippen molar-refractivity contribution in [2.24, 2.45) is 0 Å². The first-order chi connectivity index (χ1) is 7.41. The van der Waals surface area contributed by atoms with Gasteiger partial charge in [-0.25, -0.2) is 8.42 Å². The predicted octanol–water partition coefficient (Wildman–Crippen LogP) is 1.47. The van der Waals surface area contributed by atoms with Gasteiger partial charge in [0.15, 0.2) is 5.75 Å². The Hall–Kier alpha value is -0.850. The summed E-state index contributed by atoms with van der Waals surface area (Å²) in [6.45, 7) is 1.74. The van der Waals surface area contributed by atoms with Crippen molar-refractivity contribution in [3.63, 3.8) is 0 Å². The lowest BCUT2D eigenvalue weighted by Crippen LogP contribution is -2.06. The summed E-state index contributed by atoms with van der Waals surface area (Å²) in [5.74, 6) is 0.157. The number of hydrogen-bond acceptors (Lipinski definition) is 5. The maximum absolute atomic E-state index is 11.5. The Labute approximate surface area is 98.8 Å². The van der Waals surface area contributed by atoms with E-state index in [2.05, 4.69) is 4.98 Å². The number of rotatable bonds is 4. The Bertz CT molecular complexity index is 487. The van der Waals surface area contributed by atoms with E-state index in [-0.39, 0.29) is 17.3 Å². The van der Waals surface area contributed by atoms with E-state index in [0.29, 0.717) is 11.3 Å². The molecule has 90 valence electrons. The van der Waals surface area contributed by atoms with Gasteiger partial charge in [0.25, 0.3) is 9.05 Å². The molecule has 0 unspecified atom stereocenters. The Morgan fingerprint density at radius 1 is 1.44 bits per heavy atom. The number of pyridine rings is 1. The molecular weight excluding hydrogens is 254 g/mol. The fraction of sp³-hybridized carbons (Fsp3) is 0.444. The molecule has 0 aromatic carbocycles. The molecule has 1 aromatic rings. The molecule has 1 aromatic heterocycles. The summed E-state index contributed by atoms with van der Waals surface area (Å²) in [6.07, 6.45) is 1.41. The smallest absolute Gasteiger partial charge is 0.265 e. The number of hydrogen-bond donors (Lipinski definition) is 0. The molecule has 0 spiro atoms. The van der Waals surface area contributed by atoms with Crippen molar-refractivity contribution in [1.29, 1.82) is 0 Å². The van der Waals surface area contributed by atoms with Gasteiger partial charge in [0, 0.05) is 29.6 Å². The summed E-state index contributed by atoms with van der Waals surface area (Å²) < 4.78 is 32.8. The van der Waals surface area contributed by atoms with Crippen molar-refractivity contribution in [3.8, 4) is 5.75 Å². The molecule has 1 rings (SSSR count). The highest BCUT2D eigenvalue weighted by Gasteiger charge is 2.23. The Balaban J connectivity index is 3.54. The van der Waals surface area contributed by atoms with Crippen molar-refractivity contribution in [3.05, 3.63) is 17.5 Å². The first-order valence-corrected chi connectivity index (χ1v) is 6.68. The highest BCUT2D eigenvalue weighted by atomic mass is 35.7. The molecule has 0 saturated heterocycles. The van der Waals surface area contributed by atoms with E-state index in [1.54, 1.807) is 6.92 Å². The van der Waals surface area contributed by atoms with Crippen LogP contribution in [0.3, 0.4) is 0 Å². The van der Waals surface area contributed by atoms with Gasteiger partial charge < -0.3 is 9.47 Å². The lowest BCUT2D eigenvalue weighted by molar-refractivity contribution is 0.181. The topological polar surface area (TPSA) is 65.5 Å². The van der Waals surface area contributed by atoms with Gasteiger partial charge in [-0.3, -0.25) is 4.98 Å². The van der Waals surface area contributed by atoms with E-state index in [0.717, 1.165) is 0 Å². The molecule has 0 saturated carbocycles. The summed E-state index contributed by atoms with van der Waals surface area (Å²) in [6, 6.07) is 0. The number of aromatic nitrogens is 1. The third kappa shape index (κ3) is 2.63. The standard InChI is InChI=1S/C9H12ClNO4S/c1-6-8(15-3)9(16(10,12)13)7(4-11-6)5-14-2/h4H,5H2,1-3H3. The lowest BCUT2D eigenvalue weighted by Gasteiger charge is -2.12. The average Bonchev–Trinajstić information content (AvgIpc) is 2.18. The van der Waals surface area contributed by atoms with E-state index in [1.165, 1.54) is 20.4 Å². The summed E-state index contributed by atoms with van der Waals surface area (Å²) in [4.78, 5) is 3.94. The highest BCUT2D eigenvalue weighted by Crippen LogP contribution is 2.32. The van der Waals surface area contributed by atoms with E-state index >= 15 is 0 Å². The molecule has 0 N–H and O–H groups in total. The van der Waals surface area contributed by atoms with Gasteiger partial charge in [-0.15, -0.1) is 0 Å². The van der Waals surface area contributed by atoms with Crippen LogP contribution in [0.1, 0.15) is 11.3 Å². The number of nitrogens with zero attached hydrogens (tertiary/aromatic N) is 1. The molecule has 0 aliphatic carbocycles. The molecule has 0 aliphatic rings. The van der Waals surface area contributed by atoms with Crippen molar-refractivity contribution < 1.29 is 17.9 Å². The van der Waals surface area contributed by atoms with Crippen LogP contribution in [-0.2, 0) is 20.4 Å². The van der Waals surface area contributed by atoms with Crippen LogP contribution in [0.25, 0.3) is 0 Å². The Morgan fingerprint density at radius 2 is 2.06 bits per heavy atom. The minimum Gasteiger partial charge on any atom is -0.493 e. The Morgan fingerprint density at radius 3 is 2.50 bits per heavy atom. The zero-order valence-electron chi connectivity index (χ0n) is 9.15. The average molecular weight is 266 g/mol. The van der Waals surface area contributed by atoms with Gasteiger partial charge in [0.2, 0.25) is 0 Å². The van der Waals surface area contributed by atoms with Crippen molar-refractivity contribution >= 4 is 19.7 Å². The third-order valence-corrected chi connectivity index (χ3v) is 3.39. The second-order valence-corrected chi connectivity index (χ2v) is 5.60. The lowest BCUT2D eigenvalue weighted by atomic mass is 10.2. The molecule has 16 heavy (non-hydrogen) atoms. The van der Waals surface area contributed by atoms with E-state index < -0.39 is 9.05 Å². The van der Waals surface area contributed by atoms with Crippen LogP contribution >= 0.6 is 10.7 Å². The molecular formula is C9H12ClNO4S. The molecule has 0 fully saturated rings. The number of methoxy groups -OCH3 is 2. The number of halogens is 1. The van der Waals surface area contributed by atoms with Crippen molar-refractivity contribution in [2.45, 2.75) is 18.4 Å². The monoisotopic (exact) mass is 265 g/mol. The first kappa shape index (κ1) is 13.2. The SMILES string of the molecule is COCc1cnc(C)c(OC)c1S(=O)(=O)Cl. The summed E-state index contributed by atoms with van der Waals surface area (Å²) >= 11 is 0. The largest absolute Gasteiger partial charge is 0.493 e. The highest BCUT2D eigenvalue weighted by molar-refractivity contribution is 8.13. The molecule has 0 radical (unpaired) electrons. The zero-order chi connectivity index (χ0) is 12.3.